The number of hydrogen-bond donors (Lipinski definition) is 0. The lowest BCUT2D eigenvalue weighted by molar-refractivity contribution is 0.185. The number of halogens is 1. The van der Waals surface area contributed by atoms with Gasteiger partial charge in [0, 0.05) is 6.61 Å². The maximum absolute atomic E-state index is 5.86. The van der Waals surface area contributed by atoms with Crippen LogP contribution in [0, 0.1) is 0 Å². The third kappa shape index (κ3) is 1.56. The summed E-state index contributed by atoms with van der Waals surface area (Å²) in [7, 11) is 0. The molecule has 1 aromatic heterocycles. The van der Waals surface area contributed by atoms with E-state index in [0.717, 1.165) is 18.7 Å². The van der Waals surface area contributed by atoms with Gasteiger partial charge in [-0.05, 0) is 18.6 Å². The van der Waals surface area contributed by atoms with Crippen molar-refractivity contribution in [1.82, 2.24) is 4.98 Å². The third-order valence-electron chi connectivity index (χ3n) is 2.67. The molecule has 0 spiro atoms. The van der Waals surface area contributed by atoms with E-state index in [1.165, 1.54) is 0 Å². The van der Waals surface area contributed by atoms with E-state index in [0.29, 0.717) is 11.8 Å². The number of nitrogens with zero attached hydrogens (tertiary/aromatic N) is 1. The Bertz CT molecular complexity index is 345. The van der Waals surface area contributed by atoms with Gasteiger partial charge < -0.3 is 4.74 Å². The highest BCUT2D eigenvalue weighted by molar-refractivity contribution is 6.29. The summed E-state index contributed by atoms with van der Waals surface area (Å²) in [5.74, 6) is 0. The van der Waals surface area contributed by atoms with Crippen molar-refractivity contribution in [3.05, 3.63) is 41.7 Å². The van der Waals surface area contributed by atoms with Crippen LogP contribution in [0.2, 0.25) is 5.15 Å². The van der Waals surface area contributed by atoms with E-state index < -0.39 is 0 Å². The van der Waals surface area contributed by atoms with E-state index in [9.17, 15) is 0 Å². The highest BCUT2D eigenvalue weighted by Gasteiger charge is 2.34. The zero-order valence-corrected chi connectivity index (χ0v) is 8.63. The molecule has 3 heteroatoms. The molecule has 1 atom stereocenters. The summed E-state index contributed by atoms with van der Waals surface area (Å²) in [6.45, 7) is 5.28. The molecule has 1 aliphatic rings. The highest BCUT2D eigenvalue weighted by Crippen LogP contribution is 2.33. The van der Waals surface area contributed by atoms with E-state index in [2.05, 4.69) is 11.6 Å². The molecule has 0 bridgehead atoms. The van der Waals surface area contributed by atoms with Crippen molar-refractivity contribution >= 4 is 11.6 Å². The zero-order chi connectivity index (χ0) is 10.0. The molecule has 1 aliphatic heterocycles. The molecule has 1 unspecified atom stereocenters. The molecule has 1 saturated heterocycles. The van der Waals surface area contributed by atoms with Crippen molar-refractivity contribution < 1.29 is 4.74 Å². The second-order valence-corrected chi connectivity index (χ2v) is 3.90. The van der Waals surface area contributed by atoms with Gasteiger partial charge in [-0.25, -0.2) is 4.98 Å². The quantitative estimate of drug-likeness (QED) is 0.552. The van der Waals surface area contributed by atoms with Gasteiger partial charge in [-0.2, -0.15) is 0 Å². The molecule has 74 valence electrons. The standard InChI is InChI=1S/C11H12ClNO/c1-2-11(6-7-14-8-11)9-4-3-5-10(12)13-9/h2-5H,1,6-8H2. The Labute approximate surface area is 88.6 Å². The fourth-order valence-electron chi connectivity index (χ4n) is 1.73. The second kappa shape index (κ2) is 3.71. The first kappa shape index (κ1) is 9.69. The van der Waals surface area contributed by atoms with Crippen LogP contribution >= 0.6 is 11.6 Å². The minimum absolute atomic E-state index is 0.134. The van der Waals surface area contributed by atoms with Crippen molar-refractivity contribution in [3.8, 4) is 0 Å². The lowest BCUT2D eigenvalue weighted by Gasteiger charge is -2.21. The number of aromatic nitrogens is 1. The molecule has 0 aromatic carbocycles. The second-order valence-electron chi connectivity index (χ2n) is 3.51. The molecular formula is C11H12ClNO. The van der Waals surface area contributed by atoms with Crippen LogP contribution < -0.4 is 0 Å². The van der Waals surface area contributed by atoms with Crippen LogP contribution in [-0.4, -0.2) is 18.2 Å². The Morgan fingerprint density at radius 2 is 2.43 bits per heavy atom. The minimum atomic E-state index is -0.134. The summed E-state index contributed by atoms with van der Waals surface area (Å²) >= 11 is 5.86. The lowest BCUT2D eigenvalue weighted by atomic mass is 9.83. The largest absolute Gasteiger partial charge is 0.380 e. The van der Waals surface area contributed by atoms with Crippen LogP contribution in [0.25, 0.3) is 0 Å². The van der Waals surface area contributed by atoms with E-state index in [1.54, 1.807) is 6.07 Å². The number of hydrogen-bond acceptors (Lipinski definition) is 2. The number of pyridine rings is 1. The van der Waals surface area contributed by atoms with Gasteiger partial charge in [-0.1, -0.05) is 23.7 Å². The molecule has 0 N–H and O–H groups in total. The fraction of sp³-hybridized carbons (Fsp3) is 0.364. The SMILES string of the molecule is C=CC1(c2cccc(Cl)n2)CCOC1. The maximum Gasteiger partial charge on any atom is 0.129 e. The molecule has 14 heavy (non-hydrogen) atoms. The Morgan fingerprint density at radius 3 is 3.00 bits per heavy atom. The van der Waals surface area contributed by atoms with Gasteiger partial charge in [-0.15, -0.1) is 6.58 Å². The summed E-state index contributed by atoms with van der Waals surface area (Å²) in [6.07, 6.45) is 2.85. The molecule has 2 rings (SSSR count). The Kier molecular flexibility index (Phi) is 2.57. The van der Waals surface area contributed by atoms with Gasteiger partial charge in [0.2, 0.25) is 0 Å². The molecule has 0 aliphatic carbocycles. The maximum atomic E-state index is 5.86. The Morgan fingerprint density at radius 1 is 1.57 bits per heavy atom. The van der Waals surface area contributed by atoms with Crippen LogP contribution in [0.4, 0.5) is 0 Å². The monoisotopic (exact) mass is 209 g/mol. The summed E-state index contributed by atoms with van der Waals surface area (Å²) in [4.78, 5) is 4.31. The van der Waals surface area contributed by atoms with Gasteiger partial charge >= 0.3 is 0 Å². The van der Waals surface area contributed by atoms with Crippen molar-refractivity contribution in [2.24, 2.45) is 0 Å². The molecule has 1 aromatic rings. The zero-order valence-electron chi connectivity index (χ0n) is 7.87. The van der Waals surface area contributed by atoms with Crippen molar-refractivity contribution in [2.45, 2.75) is 11.8 Å². The van der Waals surface area contributed by atoms with Crippen LogP contribution in [-0.2, 0) is 10.2 Å². The summed E-state index contributed by atoms with van der Waals surface area (Å²) < 4.78 is 5.39. The summed E-state index contributed by atoms with van der Waals surface area (Å²) in [5, 5.41) is 0.524. The molecular weight excluding hydrogens is 198 g/mol. The van der Waals surface area contributed by atoms with Crippen LogP contribution in [0.1, 0.15) is 12.1 Å². The van der Waals surface area contributed by atoms with Crippen molar-refractivity contribution in [1.29, 1.82) is 0 Å². The van der Waals surface area contributed by atoms with Gasteiger partial charge in [0.1, 0.15) is 5.15 Å². The number of rotatable bonds is 2. The number of ether oxygens (including phenoxy) is 1. The van der Waals surface area contributed by atoms with Gasteiger partial charge in [0.15, 0.2) is 0 Å². The lowest BCUT2D eigenvalue weighted by Crippen LogP contribution is -2.24. The molecule has 0 radical (unpaired) electrons. The van der Waals surface area contributed by atoms with Crippen molar-refractivity contribution in [2.75, 3.05) is 13.2 Å². The normalized spacial score (nSPS) is 26.4. The minimum Gasteiger partial charge on any atom is -0.380 e. The molecule has 2 nitrogen and oxygen atoms in total. The summed E-state index contributed by atoms with van der Waals surface area (Å²) in [5.41, 5.74) is 0.822. The van der Waals surface area contributed by atoms with Crippen LogP contribution in [0.5, 0.6) is 0 Å². The van der Waals surface area contributed by atoms with Crippen molar-refractivity contribution in [3.63, 3.8) is 0 Å². The van der Waals surface area contributed by atoms with Gasteiger partial charge in [0.25, 0.3) is 0 Å². The Balaban J connectivity index is 2.40. The molecule has 0 saturated carbocycles. The van der Waals surface area contributed by atoms with Crippen LogP contribution in [0.15, 0.2) is 30.9 Å². The average molecular weight is 210 g/mol. The van der Waals surface area contributed by atoms with E-state index in [1.807, 2.05) is 18.2 Å². The fourth-order valence-corrected chi connectivity index (χ4v) is 1.90. The first-order valence-corrected chi connectivity index (χ1v) is 4.99. The molecule has 1 fully saturated rings. The smallest absolute Gasteiger partial charge is 0.129 e. The summed E-state index contributed by atoms with van der Waals surface area (Å²) in [6, 6.07) is 5.66. The topological polar surface area (TPSA) is 22.1 Å². The van der Waals surface area contributed by atoms with Gasteiger partial charge in [-0.3, -0.25) is 0 Å². The predicted molar refractivity (Wildman–Crippen MR) is 56.6 cm³/mol. The molecule has 2 heterocycles. The Hall–Kier alpha value is -0.860. The average Bonchev–Trinajstić information content (AvgIpc) is 2.67. The van der Waals surface area contributed by atoms with E-state index in [-0.39, 0.29) is 5.41 Å². The first-order valence-electron chi connectivity index (χ1n) is 4.61. The third-order valence-corrected chi connectivity index (χ3v) is 2.88. The van der Waals surface area contributed by atoms with E-state index >= 15 is 0 Å². The first-order chi connectivity index (χ1) is 6.77. The predicted octanol–water partition coefficient (Wildman–Crippen LogP) is 2.58. The highest BCUT2D eigenvalue weighted by atomic mass is 35.5. The van der Waals surface area contributed by atoms with Gasteiger partial charge in [0.05, 0.1) is 17.7 Å². The van der Waals surface area contributed by atoms with Crippen LogP contribution in [0.3, 0.4) is 0 Å². The van der Waals surface area contributed by atoms with E-state index in [4.69, 9.17) is 16.3 Å². The molecule has 0 amide bonds.